The zero-order valence-electron chi connectivity index (χ0n) is 23.8. The summed E-state index contributed by atoms with van der Waals surface area (Å²) in [5.74, 6) is 0.500. The average Bonchev–Trinajstić information content (AvgIpc) is 3.84. The summed E-state index contributed by atoms with van der Waals surface area (Å²) in [6.07, 6.45) is 5.04. The third kappa shape index (κ3) is 7.25. The predicted molar refractivity (Wildman–Crippen MR) is 172 cm³/mol. The maximum atomic E-state index is 12.9. The van der Waals surface area contributed by atoms with E-state index in [1.54, 1.807) is 30.3 Å². The molecular weight excluding hydrogens is 612 g/mol. The molecule has 0 unspecified atom stereocenters. The Morgan fingerprint density at radius 3 is 2.19 bits per heavy atom. The Morgan fingerprint density at radius 1 is 0.814 bits per heavy atom. The number of para-hydroxylation sites is 2. The van der Waals surface area contributed by atoms with Crippen molar-refractivity contribution in [1.82, 2.24) is 14.9 Å². The summed E-state index contributed by atoms with van der Waals surface area (Å²) in [5.41, 5.74) is 2.80. The number of hydrogen-bond acceptors (Lipinski definition) is 10. The van der Waals surface area contributed by atoms with Gasteiger partial charge in [-0.15, -0.1) is 0 Å². The van der Waals surface area contributed by atoms with Gasteiger partial charge in [-0.3, -0.25) is 9.44 Å². The van der Waals surface area contributed by atoms with Gasteiger partial charge in [-0.05, 0) is 76.0 Å². The van der Waals surface area contributed by atoms with Gasteiger partial charge >= 0.3 is 0 Å². The van der Waals surface area contributed by atoms with Gasteiger partial charge < -0.3 is 20.4 Å². The van der Waals surface area contributed by atoms with E-state index in [9.17, 15) is 16.8 Å². The molecule has 2 heterocycles. The van der Waals surface area contributed by atoms with Gasteiger partial charge in [0.2, 0.25) is 26.0 Å². The normalized spacial score (nSPS) is 18.1. The van der Waals surface area contributed by atoms with Crippen LogP contribution in [0.15, 0.2) is 48.7 Å². The van der Waals surface area contributed by atoms with E-state index in [1.165, 1.54) is 6.20 Å². The number of halogens is 1. The second kappa shape index (κ2) is 12.0. The topological polar surface area (TPSA) is 149 Å². The Balaban J connectivity index is 1.25. The molecule has 12 nitrogen and oxygen atoms in total. The van der Waals surface area contributed by atoms with E-state index in [4.69, 9.17) is 11.6 Å². The number of likely N-dealkylation sites (N-methyl/N-ethyl adjacent to an activating group) is 1. The van der Waals surface area contributed by atoms with Crippen molar-refractivity contribution in [3.8, 4) is 0 Å². The molecule has 2 aromatic carbocycles. The van der Waals surface area contributed by atoms with Crippen LogP contribution in [-0.2, 0) is 20.0 Å². The Kier molecular flexibility index (Phi) is 8.28. The van der Waals surface area contributed by atoms with E-state index in [1.807, 2.05) is 12.1 Å². The lowest BCUT2D eigenvalue weighted by Crippen LogP contribution is -2.30. The Labute approximate surface area is 257 Å². The summed E-state index contributed by atoms with van der Waals surface area (Å²) >= 11 is 6.42. The van der Waals surface area contributed by atoms with E-state index >= 15 is 0 Å². The van der Waals surface area contributed by atoms with Crippen LogP contribution in [0.5, 0.6) is 0 Å². The largest absolute Gasteiger partial charge is 0.369 e. The molecule has 3 fully saturated rings. The van der Waals surface area contributed by atoms with E-state index in [2.05, 4.69) is 46.9 Å². The van der Waals surface area contributed by atoms with Gasteiger partial charge in [-0.25, -0.2) is 21.8 Å². The van der Waals surface area contributed by atoms with Crippen LogP contribution in [0.2, 0.25) is 5.02 Å². The van der Waals surface area contributed by atoms with Gasteiger partial charge in [0.1, 0.15) is 5.02 Å². The highest BCUT2D eigenvalue weighted by atomic mass is 35.5. The number of anilines is 7. The summed E-state index contributed by atoms with van der Waals surface area (Å²) in [6.45, 7) is 3.48. The van der Waals surface area contributed by atoms with Gasteiger partial charge in [0.05, 0.1) is 39.4 Å². The van der Waals surface area contributed by atoms with Crippen LogP contribution in [0.4, 0.5) is 40.2 Å². The van der Waals surface area contributed by atoms with Crippen LogP contribution < -0.4 is 25.0 Å². The van der Waals surface area contributed by atoms with Gasteiger partial charge in [0, 0.05) is 25.3 Å². The minimum atomic E-state index is -3.50. The highest BCUT2D eigenvalue weighted by Gasteiger charge is 2.37. The molecule has 0 spiro atoms. The lowest BCUT2D eigenvalue weighted by Gasteiger charge is -2.26. The smallest absolute Gasteiger partial charge is 0.235 e. The summed E-state index contributed by atoms with van der Waals surface area (Å²) in [4.78, 5) is 13.3. The van der Waals surface area contributed by atoms with Crippen molar-refractivity contribution in [2.45, 2.75) is 42.6 Å². The summed E-state index contributed by atoms with van der Waals surface area (Å²) in [5, 5.41) is 5.79. The molecule has 3 aliphatic rings. The minimum Gasteiger partial charge on any atom is -0.369 e. The van der Waals surface area contributed by atoms with Crippen molar-refractivity contribution in [2.24, 2.45) is 0 Å². The molecule has 43 heavy (non-hydrogen) atoms. The minimum absolute atomic E-state index is 0.225. The molecule has 0 radical (unpaired) electrons. The van der Waals surface area contributed by atoms with Crippen molar-refractivity contribution < 1.29 is 16.8 Å². The van der Waals surface area contributed by atoms with Gasteiger partial charge in [0.25, 0.3) is 0 Å². The third-order valence-electron chi connectivity index (χ3n) is 7.67. The standard InChI is InChI=1S/C28H35ClN8O4S2/c1-36-13-4-14-37(16-15-36)26-12-7-19(17-25(26)35-43(40,41)21-10-11-21)31-28-30-18-22(29)27(33-28)32-23-5-2-3-6-24(23)34-42(38,39)20-8-9-20/h2-3,5-7,12,17-18,20-21,34-35H,4,8-11,13-16H2,1H3,(H2,30,31,32,33). The van der Waals surface area contributed by atoms with Crippen LogP contribution in [0.3, 0.4) is 0 Å². The van der Waals surface area contributed by atoms with Crippen LogP contribution >= 0.6 is 11.6 Å². The molecule has 3 aromatic rings. The molecule has 1 aromatic heterocycles. The van der Waals surface area contributed by atoms with E-state index in [0.717, 1.165) is 38.3 Å². The summed E-state index contributed by atoms with van der Waals surface area (Å²) in [7, 11) is -4.88. The highest BCUT2D eigenvalue weighted by molar-refractivity contribution is 7.93. The lowest BCUT2D eigenvalue weighted by molar-refractivity contribution is 0.360. The van der Waals surface area contributed by atoms with Crippen LogP contribution in [0.1, 0.15) is 32.1 Å². The molecule has 0 atom stereocenters. The highest BCUT2D eigenvalue weighted by Crippen LogP contribution is 2.37. The number of sulfonamides is 2. The first-order valence-corrected chi connectivity index (χ1v) is 17.8. The summed E-state index contributed by atoms with van der Waals surface area (Å²) in [6, 6.07) is 12.5. The Morgan fingerprint density at radius 2 is 1.49 bits per heavy atom. The lowest BCUT2D eigenvalue weighted by atomic mass is 10.2. The van der Waals surface area contributed by atoms with Crippen molar-refractivity contribution in [3.05, 3.63) is 53.7 Å². The molecule has 230 valence electrons. The average molecular weight is 647 g/mol. The number of benzene rings is 2. The van der Waals surface area contributed by atoms with Crippen LogP contribution in [0, 0.1) is 0 Å². The van der Waals surface area contributed by atoms with Gasteiger partial charge in [-0.1, -0.05) is 23.7 Å². The molecule has 4 N–H and O–H groups in total. The van der Waals surface area contributed by atoms with Gasteiger partial charge in [0.15, 0.2) is 5.82 Å². The maximum Gasteiger partial charge on any atom is 0.235 e. The van der Waals surface area contributed by atoms with E-state index in [-0.39, 0.29) is 27.3 Å². The predicted octanol–water partition coefficient (Wildman–Crippen LogP) is 4.57. The van der Waals surface area contributed by atoms with Crippen LogP contribution in [0.25, 0.3) is 0 Å². The van der Waals surface area contributed by atoms with Crippen molar-refractivity contribution in [3.63, 3.8) is 0 Å². The zero-order chi connectivity index (χ0) is 30.2. The third-order valence-corrected chi connectivity index (χ3v) is 11.7. The molecule has 1 aliphatic heterocycles. The number of nitrogens with one attached hydrogen (secondary N) is 4. The van der Waals surface area contributed by atoms with E-state index in [0.29, 0.717) is 48.4 Å². The number of rotatable bonds is 11. The molecule has 2 saturated carbocycles. The Hall–Kier alpha value is -3.33. The first-order valence-electron chi connectivity index (χ1n) is 14.3. The molecule has 0 amide bonds. The quantitative estimate of drug-likeness (QED) is 0.233. The second-order valence-electron chi connectivity index (χ2n) is 11.3. The van der Waals surface area contributed by atoms with Crippen molar-refractivity contribution in [1.29, 1.82) is 0 Å². The van der Waals surface area contributed by atoms with Crippen molar-refractivity contribution >= 4 is 71.9 Å². The fourth-order valence-corrected chi connectivity index (χ4v) is 7.88. The molecule has 15 heteroatoms. The number of hydrogen-bond donors (Lipinski definition) is 4. The number of aromatic nitrogens is 2. The maximum absolute atomic E-state index is 12.9. The molecule has 2 aliphatic carbocycles. The summed E-state index contributed by atoms with van der Waals surface area (Å²) < 4.78 is 56.5. The second-order valence-corrected chi connectivity index (χ2v) is 15.6. The number of nitrogens with zero attached hydrogens (tertiary/aromatic N) is 4. The first-order chi connectivity index (χ1) is 20.6. The monoisotopic (exact) mass is 646 g/mol. The SMILES string of the molecule is CN1CCCN(c2ccc(Nc3ncc(Cl)c(Nc4ccccc4NS(=O)(=O)C4CC4)n3)cc2NS(=O)(=O)C2CC2)CC1. The van der Waals surface area contributed by atoms with Crippen molar-refractivity contribution in [2.75, 3.05) is 58.2 Å². The molecule has 0 bridgehead atoms. The van der Waals surface area contributed by atoms with Gasteiger partial charge in [-0.2, -0.15) is 4.98 Å². The zero-order valence-corrected chi connectivity index (χ0v) is 26.1. The molecule has 1 saturated heterocycles. The first kappa shape index (κ1) is 29.7. The fraction of sp³-hybridized carbons (Fsp3) is 0.429. The molecular formula is C28H35ClN8O4S2. The fourth-order valence-electron chi connectivity index (χ4n) is 4.94. The van der Waals surface area contributed by atoms with E-state index < -0.39 is 20.0 Å². The van der Waals surface area contributed by atoms with Crippen LogP contribution in [-0.4, -0.2) is 75.4 Å². The Bertz CT molecular complexity index is 1720. The molecule has 6 rings (SSSR count).